The van der Waals surface area contributed by atoms with Crippen LogP contribution in [0.15, 0.2) is 11.1 Å². The molecule has 0 aliphatic heterocycles. The molecule has 0 fully saturated rings. The number of alkyl halides is 3. The average molecular weight is 251 g/mol. The molecule has 2 N–H and O–H groups in total. The number of nitrogens with zero attached hydrogens (tertiary/aromatic N) is 2. The molecule has 0 aliphatic rings. The van der Waals surface area contributed by atoms with Crippen LogP contribution in [0, 0.1) is 0 Å². The Balaban J connectivity index is 2.99. The van der Waals surface area contributed by atoms with Gasteiger partial charge in [-0.15, -0.1) is 11.8 Å². The lowest BCUT2D eigenvalue weighted by atomic mass is 10.4. The van der Waals surface area contributed by atoms with Gasteiger partial charge in [-0.05, 0) is 6.42 Å². The smallest absolute Gasteiger partial charge is 0.384 e. The molecule has 1 aromatic heterocycles. The second kappa shape index (κ2) is 4.90. The summed E-state index contributed by atoms with van der Waals surface area (Å²) < 4.78 is 37.1. The molecule has 16 heavy (non-hydrogen) atoms. The van der Waals surface area contributed by atoms with Crippen molar-refractivity contribution < 1.29 is 13.2 Å². The maximum atomic E-state index is 12.4. The summed E-state index contributed by atoms with van der Waals surface area (Å²) in [6.07, 6.45) is -3.71. The molecule has 90 valence electrons. The molecule has 0 radical (unpaired) electrons. The summed E-state index contributed by atoms with van der Waals surface area (Å²) in [6.45, 7) is 3.86. The highest BCUT2D eigenvalue weighted by Gasteiger charge is 2.35. The van der Waals surface area contributed by atoms with Crippen molar-refractivity contribution in [1.82, 2.24) is 9.97 Å². The number of thioether (sulfide) groups is 1. The molecule has 1 unspecified atom stereocenters. The van der Waals surface area contributed by atoms with Crippen molar-refractivity contribution in [2.75, 3.05) is 5.73 Å². The van der Waals surface area contributed by atoms with Gasteiger partial charge in [0, 0.05) is 11.3 Å². The maximum Gasteiger partial charge on any atom is 0.451 e. The first kappa shape index (κ1) is 13.1. The van der Waals surface area contributed by atoms with E-state index < -0.39 is 12.0 Å². The molecule has 1 aromatic rings. The van der Waals surface area contributed by atoms with E-state index in [0.717, 1.165) is 6.42 Å². The zero-order valence-corrected chi connectivity index (χ0v) is 9.69. The summed E-state index contributed by atoms with van der Waals surface area (Å²) in [6, 6.07) is 1.35. The molecule has 3 nitrogen and oxygen atoms in total. The van der Waals surface area contributed by atoms with E-state index in [2.05, 4.69) is 9.97 Å². The van der Waals surface area contributed by atoms with Crippen molar-refractivity contribution in [2.45, 2.75) is 36.7 Å². The highest BCUT2D eigenvalue weighted by Crippen LogP contribution is 2.30. The van der Waals surface area contributed by atoms with Crippen LogP contribution in [0.2, 0.25) is 0 Å². The van der Waals surface area contributed by atoms with Crippen LogP contribution in [0.1, 0.15) is 26.1 Å². The highest BCUT2D eigenvalue weighted by atomic mass is 32.2. The molecule has 1 rings (SSSR count). The highest BCUT2D eigenvalue weighted by molar-refractivity contribution is 7.99. The maximum absolute atomic E-state index is 12.4. The van der Waals surface area contributed by atoms with Gasteiger partial charge < -0.3 is 5.73 Å². The first-order valence-corrected chi connectivity index (χ1v) is 5.59. The van der Waals surface area contributed by atoms with Gasteiger partial charge in [0.1, 0.15) is 10.8 Å². The zero-order chi connectivity index (χ0) is 12.3. The van der Waals surface area contributed by atoms with Gasteiger partial charge in [0.15, 0.2) is 0 Å². The van der Waals surface area contributed by atoms with Crippen LogP contribution in [0.25, 0.3) is 0 Å². The molecule has 0 saturated carbocycles. The first-order valence-electron chi connectivity index (χ1n) is 4.71. The summed E-state index contributed by atoms with van der Waals surface area (Å²) in [5.41, 5.74) is 5.31. The van der Waals surface area contributed by atoms with Gasteiger partial charge in [0.05, 0.1) is 0 Å². The minimum absolute atomic E-state index is 0.159. The van der Waals surface area contributed by atoms with Gasteiger partial charge in [-0.3, -0.25) is 0 Å². The van der Waals surface area contributed by atoms with E-state index in [0.29, 0.717) is 0 Å². The molecule has 0 aromatic carbocycles. The van der Waals surface area contributed by atoms with Crippen LogP contribution in [0.4, 0.5) is 19.0 Å². The topological polar surface area (TPSA) is 51.8 Å². The molecular weight excluding hydrogens is 239 g/mol. The van der Waals surface area contributed by atoms with E-state index in [1.165, 1.54) is 17.8 Å². The molecule has 1 atom stereocenters. The third kappa shape index (κ3) is 3.55. The van der Waals surface area contributed by atoms with E-state index in [1.807, 2.05) is 13.8 Å². The second-order valence-electron chi connectivity index (χ2n) is 3.29. The summed E-state index contributed by atoms with van der Waals surface area (Å²) >= 11 is 1.26. The minimum Gasteiger partial charge on any atom is -0.384 e. The van der Waals surface area contributed by atoms with Crippen LogP contribution in [-0.2, 0) is 6.18 Å². The molecule has 0 aliphatic carbocycles. The lowest BCUT2D eigenvalue weighted by molar-refractivity contribution is -0.145. The number of hydrogen-bond donors (Lipinski definition) is 1. The van der Waals surface area contributed by atoms with Gasteiger partial charge in [-0.25, -0.2) is 9.97 Å². The third-order valence-electron chi connectivity index (χ3n) is 1.87. The number of nitrogens with two attached hydrogens (primary N) is 1. The molecular formula is C9H12F3N3S. The third-order valence-corrected chi connectivity index (χ3v) is 3.06. The Hall–Kier alpha value is -0.980. The predicted molar refractivity (Wildman–Crippen MR) is 57.1 cm³/mol. The summed E-state index contributed by atoms with van der Waals surface area (Å²) in [4.78, 5) is 6.61. The number of aromatic nitrogens is 2. The largest absolute Gasteiger partial charge is 0.451 e. The normalized spacial score (nSPS) is 13.8. The minimum atomic E-state index is -4.56. The van der Waals surface area contributed by atoms with E-state index in [-0.39, 0.29) is 16.1 Å². The van der Waals surface area contributed by atoms with E-state index in [4.69, 9.17) is 5.73 Å². The number of halogens is 3. The number of nitrogen functional groups attached to an aromatic ring is 1. The Labute approximate surface area is 95.7 Å². The van der Waals surface area contributed by atoms with Gasteiger partial charge >= 0.3 is 6.18 Å². The predicted octanol–water partition coefficient (Wildman–Crippen LogP) is 2.97. The fourth-order valence-corrected chi connectivity index (χ4v) is 1.83. The van der Waals surface area contributed by atoms with Crippen molar-refractivity contribution in [3.63, 3.8) is 0 Å². The molecule has 0 amide bonds. The SMILES string of the molecule is CCC(C)Sc1cc(N)nc(C(F)(F)F)n1. The molecule has 7 heteroatoms. The zero-order valence-electron chi connectivity index (χ0n) is 8.88. The van der Waals surface area contributed by atoms with Crippen LogP contribution < -0.4 is 5.73 Å². The van der Waals surface area contributed by atoms with E-state index in [9.17, 15) is 13.2 Å². The summed E-state index contributed by atoms with van der Waals surface area (Å²) in [7, 11) is 0. The van der Waals surface area contributed by atoms with Gasteiger partial charge in [-0.1, -0.05) is 13.8 Å². The van der Waals surface area contributed by atoms with Crippen LogP contribution in [-0.4, -0.2) is 15.2 Å². The van der Waals surface area contributed by atoms with Crippen LogP contribution in [0.3, 0.4) is 0 Å². The van der Waals surface area contributed by atoms with Crippen molar-refractivity contribution in [3.05, 3.63) is 11.9 Å². The molecule has 1 heterocycles. The monoisotopic (exact) mass is 251 g/mol. The fraction of sp³-hybridized carbons (Fsp3) is 0.556. The summed E-state index contributed by atoms with van der Waals surface area (Å²) in [5.74, 6) is -1.34. The fourth-order valence-electron chi connectivity index (χ4n) is 0.919. The Morgan fingerprint density at radius 2 is 2.06 bits per heavy atom. The van der Waals surface area contributed by atoms with E-state index >= 15 is 0 Å². The molecule has 0 spiro atoms. The lowest BCUT2D eigenvalue weighted by Crippen LogP contribution is -2.13. The number of anilines is 1. The van der Waals surface area contributed by atoms with Crippen LogP contribution in [0.5, 0.6) is 0 Å². The van der Waals surface area contributed by atoms with Crippen molar-refractivity contribution >= 4 is 17.6 Å². The second-order valence-corrected chi connectivity index (χ2v) is 4.75. The van der Waals surface area contributed by atoms with Crippen molar-refractivity contribution in [2.24, 2.45) is 0 Å². The lowest BCUT2D eigenvalue weighted by Gasteiger charge is -2.10. The summed E-state index contributed by atoms with van der Waals surface area (Å²) in [5, 5.41) is 0.449. The van der Waals surface area contributed by atoms with Gasteiger partial charge in [-0.2, -0.15) is 13.2 Å². The molecule has 0 bridgehead atoms. The van der Waals surface area contributed by atoms with Crippen molar-refractivity contribution in [3.8, 4) is 0 Å². The number of rotatable bonds is 3. The quantitative estimate of drug-likeness (QED) is 0.662. The molecule has 0 saturated heterocycles. The van der Waals surface area contributed by atoms with Crippen LogP contribution >= 0.6 is 11.8 Å². The standard InChI is InChI=1S/C9H12F3N3S/c1-3-5(2)16-7-4-6(13)14-8(15-7)9(10,11)12/h4-5H,3H2,1-2H3,(H2,13,14,15). The number of hydrogen-bond acceptors (Lipinski definition) is 4. The average Bonchev–Trinajstić information content (AvgIpc) is 2.15. The van der Waals surface area contributed by atoms with Crippen molar-refractivity contribution in [1.29, 1.82) is 0 Å². The Morgan fingerprint density at radius 1 is 1.44 bits per heavy atom. The Bertz CT molecular complexity index is 368. The van der Waals surface area contributed by atoms with Gasteiger partial charge in [0.25, 0.3) is 0 Å². The van der Waals surface area contributed by atoms with Gasteiger partial charge in [0.2, 0.25) is 5.82 Å². The Kier molecular flexibility index (Phi) is 4.01. The Morgan fingerprint density at radius 3 is 2.56 bits per heavy atom. The van der Waals surface area contributed by atoms with E-state index in [1.54, 1.807) is 0 Å². The first-order chi connectivity index (χ1) is 7.32.